The van der Waals surface area contributed by atoms with Gasteiger partial charge in [-0.15, -0.1) is 11.3 Å². The van der Waals surface area contributed by atoms with Crippen molar-refractivity contribution in [3.63, 3.8) is 0 Å². The van der Waals surface area contributed by atoms with Crippen LogP contribution in [0.5, 0.6) is 0 Å². The molecule has 1 aliphatic rings. The van der Waals surface area contributed by atoms with E-state index in [9.17, 15) is 4.79 Å². The maximum Gasteiger partial charge on any atom is 0.259 e. The topological polar surface area (TPSA) is 63.6 Å². The lowest BCUT2D eigenvalue weighted by atomic mass is 10.1. The summed E-state index contributed by atoms with van der Waals surface area (Å²) in [6, 6.07) is 3.89. The highest BCUT2D eigenvalue weighted by atomic mass is 32.1. The third kappa shape index (κ3) is 2.60. The second-order valence-electron chi connectivity index (χ2n) is 6.07. The summed E-state index contributed by atoms with van der Waals surface area (Å²) in [4.78, 5) is 20.0. The summed E-state index contributed by atoms with van der Waals surface area (Å²) in [7, 11) is 0. The molecule has 0 amide bonds. The first-order valence-electron chi connectivity index (χ1n) is 7.76. The molecule has 6 nitrogen and oxygen atoms in total. The van der Waals surface area contributed by atoms with E-state index in [1.54, 1.807) is 10.5 Å². The van der Waals surface area contributed by atoms with Crippen molar-refractivity contribution in [2.75, 3.05) is 6.54 Å². The number of likely N-dealkylation sites (tertiary alicyclic amines) is 1. The molecule has 4 rings (SSSR count). The molecule has 1 unspecified atom stereocenters. The lowest BCUT2D eigenvalue weighted by molar-refractivity contribution is 0.234. The number of rotatable bonds is 3. The summed E-state index contributed by atoms with van der Waals surface area (Å²) in [5, 5.41) is 6.12. The standard InChI is InChI=1S/C16H18N4O2S/c1-10-9-23-16-17-12(7-15(21)20(10)16)8-19-5-3-4-14(19)13-6-11(2)22-18-13/h6-7,9,14H,3-5,8H2,1-2H3. The highest BCUT2D eigenvalue weighted by molar-refractivity contribution is 7.15. The molecule has 120 valence electrons. The van der Waals surface area contributed by atoms with Crippen LogP contribution in [0.15, 0.2) is 26.8 Å². The number of aromatic nitrogens is 3. The molecule has 0 N–H and O–H groups in total. The Morgan fingerprint density at radius 3 is 3.04 bits per heavy atom. The molecule has 0 aromatic carbocycles. The van der Waals surface area contributed by atoms with Gasteiger partial charge in [0.15, 0.2) is 4.96 Å². The minimum absolute atomic E-state index is 0.00298. The van der Waals surface area contributed by atoms with Gasteiger partial charge in [-0.2, -0.15) is 0 Å². The summed E-state index contributed by atoms with van der Waals surface area (Å²) in [6.45, 7) is 5.49. The smallest absolute Gasteiger partial charge is 0.259 e. The first-order valence-corrected chi connectivity index (χ1v) is 8.64. The van der Waals surface area contributed by atoms with Crippen molar-refractivity contribution in [3.05, 3.63) is 50.7 Å². The third-order valence-corrected chi connectivity index (χ3v) is 5.29. The predicted molar refractivity (Wildman–Crippen MR) is 87.7 cm³/mol. The normalized spacial score (nSPS) is 19.0. The van der Waals surface area contributed by atoms with E-state index in [2.05, 4.69) is 15.0 Å². The Bertz CT molecular complexity index is 910. The fourth-order valence-corrected chi connectivity index (χ4v) is 4.17. The molecule has 0 aliphatic carbocycles. The molecule has 0 spiro atoms. The van der Waals surface area contributed by atoms with Crippen molar-refractivity contribution in [3.8, 4) is 0 Å². The highest BCUT2D eigenvalue weighted by Gasteiger charge is 2.29. The van der Waals surface area contributed by atoms with Crippen molar-refractivity contribution in [2.45, 2.75) is 39.3 Å². The van der Waals surface area contributed by atoms with Crippen LogP contribution in [0.1, 0.15) is 41.7 Å². The largest absolute Gasteiger partial charge is 0.361 e. The third-order valence-electron chi connectivity index (χ3n) is 4.34. The quantitative estimate of drug-likeness (QED) is 0.739. The van der Waals surface area contributed by atoms with Crippen LogP contribution in [-0.2, 0) is 6.54 Å². The summed E-state index contributed by atoms with van der Waals surface area (Å²) in [5.41, 5.74) is 2.73. The Kier molecular flexibility index (Phi) is 3.54. The number of nitrogens with zero attached hydrogens (tertiary/aromatic N) is 4. The van der Waals surface area contributed by atoms with Gasteiger partial charge >= 0.3 is 0 Å². The van der Waals surface area contributed by atoms with Crippen LogP contribution in [0.3, 0.4) is 0 Å². The van der Waals surface area contributed by atoms with Gasteiger partial charge in [-0.05, 0) is 33.2 Å². The summed E-state index contributed by atoms with van der Waals surface area (Å²) in [5.74, 6) is 0.832. The minimum Gasteiger partial charge on any atom is -0.361 e. The minimum atomic E-state index is -0.00298. The number of thiazole rings is 1. The zero-order valence-corrected chi connectivity index (χ0v) is 14.0. The number of fused-ring (bicyclic) bond motifs is 1. The van der Waals surface area contributed by atoms with Crippen molar-refractivity contribution >= 4 is 16.3 Å². The lowest BCUT2D eigenvalue weighted by Crippen LogP contribution is -2.25. The van der Waals surface area contributed by atoms with Gasteiger partial charge in [0.1, 0.15) is 11.5 Å². The highest BCUT2D eigenvalue weighted by Crippen LogP contribution is 2.32. The summed E-state index contributed by atoms with van der Waals surface area (Å²) in [6.07, 6.45) is 2.18. The average molecular weight is 330 g/mol. The van der Waals surface area contributed by atoms with Crippen LogP contribution in [-0.4, -0.2) is 26.0 Å². The van der Waals surface area contributed by atoms with Crippen molar-refractivity contribution in [2.24, 2.45) is 0 Å². The fraction of sp³-hybridized carbons (Fsp3) is 0.438. The molecular formula is C16H18N4O2S. The molecule has 4 heterocycles. The first kappa shape index (κ1) is 14.6. The van der Waals surface area contributed by atoms with Gasteiger partial charge in [0.2, 0.25) is 0 Å². The van der Waals surface area contributed by atoms with E-state index in [1.807, 2.05) is 25.3 Å². The monoisotopic (exact) mass is 330 g/mol. The van der Waals surface area contributed by atoms with Crippen LogP contribution < -0.4 is 5.56 Å². The van der Waals surface area contributed by atoms with Crippen LogP contribution in [0, 0.1) is 13.8 Å². The first-order chi connectivity index (χ1) is 11.1. The number of aryl methyl sites for hydroxylation is 2. The van der Waals surface area contributed by atoms with E-state index >= 15 is 0 Å². The number of hydrogen-bond donors (Lipinski definition) is 0. The lowest BCUT2D eigenvalue weighted by Gasteiger charge is -2.22. The van der Waals surface area contributed by atoms with E-state index in [0.717, 1.165) is 47.2 Å². The SMILES string of the molecule is Cc1cc(C2CCCN2Cc2cc(=O)n3c(C)csc3n2)no1. The van der Waals surface area contributed by atoms with Gasteiger partial charge < -0.3 is 4.52 Å². The second-order valence-corrected chi connectivity index (χ2v) is 6.91. The zero-order valence-electron chi connectivity index (χ0n) is 13.2. The zero-order chi connectivity index (χ0) is 16.0. The van der Waals surface area contributed by atoms with Gasteiger partial charge in [-0.3, -0.25) is 14.1 Å². The van der Waals surface area contributed by atoms with Crippen molar-refractivity contribution in [1.29, 1.82) is 0 Å². The van der Waals surface area contributed by atoms with Gasteiger partial charge in [0.25, 0.3) is 5.56 Å². The van der Waals surface area contributed by atoms with Crippen LogP contribution in [0.25, 0.3) is 4.96 Å². The Morgan fingerprint density at radius 1 is 1.39 bits per heavy atom. The maximum atomic E-state index is 12.3. The van der Waals surface area contributed by atoms with Crippen molar-refractivity contribution < 1.29 is 4.52 Å². The molecule has 0 radical (unpaired) electrons. The van der Waals surface area contributed by atoms with Gasteiger partial charge in [0.05, 0.1) is 11.7 Å². The Hall–Kier alpha value is -1.99. The molecular weight excluding hydrogens is 312 g/mol. The molecule has 1 fully saturated rings. The summed E-state index contributed by atoms with van der Waals surface area (Å²) >= 11 is 1.51. The van der Waals surface area contributed by atoms with E-state index < -0.39 is 0 Å². The maximum absolute atomic E-state index is 12.3. The molecule has 0 bridgehead atoms. The molecule has 1 atom stereocenters. The van der Waals surface area contributed by atoms with E-state index in [4.69, 9.17) is 4.52 Å². The number of hydrogen-bond acceptors (Lipinski definition) is 6. The van der Waals surface area contributed by atoms with E-state index in [0.29, 0.717) is 6.54 Å². The van der Waals surface area contributed by atoms with Crippen LogP contribution in [0.4, 0.5) is 0 Å². The van der Waals surface area contributed by atoms with Gasteiger partial charge in [-0.25, -0.2) is 4.98 Å². The summed E-state index contributed by atoms with van der Waals surface area (Å²) < 4.78 is 6.87. The van der Waals surface area contributed by atoms with Gasteiger partial charge in [0, 0.05) is 29.8 Å². The Morgan fingerprint density at radius 2 is 2.26 bits per heavy atom. The fourth-order valence-electron chi connectivity index (χ4n) is 3.28. The van der Waals surface area contributed by atoms with Crippen molar-refractivity contribution in [1.82, 2.24) is 19.4 Å². The molecule has 23 heavy (non-hydrogen) atoms. The molecule has 3 aromatic rings. The van der Waals surface area contributed by atoms with Gasteiger partial charge in [-0.1, -0.05) is 5.16 Å². The molecule has 3 aromatic heterocycles. The molecule has 7 heteroatoms. The van der Waals surface area contributed by atoms with E-state index in [1.165, 1.54) is 11.3 Å². The Balaban J connectivity index is 1.63. The molecule has 0 saturated carbocycles. The van der Waals surface area contributed by atoms with E-state index in [-0.39, 0.29) is 11.6 Å². The predicted octanol–water partition coefficient (Wildman–Crippen LogP) is 2.70. The molecule has 1 saturated heterocycles. The van der Waals surface area contributed by atoms with Crippen LogP contribution >= 0.6 is 11.3 Å². The Labute approximate surface area is 137 Å². The average Bonchev–Trinajstić information content (AvgIpc) is 3.20. The van der Waals surface area contributed by atoms with Crippen LogP contribution in [0.2, 0.25) is 0 Å². The second kappa shape index (κ2) is 5.58. The molecule has 1 aliphatic heterocycles.